The molecule has 3 aromatic carbocycles. The summed E-state index contributed by atoms with van der Waals surface area (Å²) >= 11 is -1.74. The molecule has 0 fully saturated rings. The maximum Gasteiger partial charge on any atom is 0.371 e. The van der Waals surface area contributed by atoms with E-state index in [1.807, 2.05) is 0 Å². The van der Waals surface area contributed by atoms with E-state index in [1.54, 1.807) is 66.7 Å². The number of methoxy groups -OCH3 is 1. The van der Waals surface area contributed by atoms with Crippen molar-refractivity contribution < 1.29 is 18.5 Å². The molecule has 0 saturated carbocycles. The highest BCUT2D eigenvalue weighted by atomic mass is 32.2. The molecule has 0 N–H and O–H groups in total. The van der Waals surface area contributed by atoms with E-state index in [-0.39, 0.29) is 6.54 Å². The lowest BCUT2D eigenvalue weighted by Crippen LogP contribution is -2.50. The Morgan fingerprint density at radius 1 is 1.04 bits per heavy atom. The maximum absolute atomic E-state index is 14.2. The van der Waals surface area contributed by atoms with E-state index in [1.165, 1.54) is 22.4 Å². The Bertz CT molecular complexity index is 1030. The third kappa shape index (κ3) is 3.19. The maximum atomic E-state index is 14.2. The Hall–Kier alpha value is -3.03. The lowest BCUT2D eigenvalue weighted by molar-refractivity contribution is 0.253. The summed E-state index contributed by atoms with van der Waals surface area (Å²) in [5.74, 6) is 0.147. The van der Waals surface area contributed by atoms with Gasteiger partial charge >= 0.3 is 6.03 Å². The summed E-state index contributed by atoms with van der Waals surface area (Å²) in [6.45, 7) is 0.0280. The van der Waals surface area contributed by atoms with Crippen LogP contribution in [0.25, 0.3) is 0 Å². The number of para-hydroxylation sites is 1. The molecule has 1 atom stereocenters. The van der Waals surface area contributed by atoms with Crippen molar-refractivity contribution in [1.82, 2.24) is 0 Å². The van der Waals surface area contributed by atoms with E-state index in [0.29, 0.717) is 27.6 Å². The van der Waals surface area contributed by atoms with Crippen LogP contribution in [0.1, 0.15) is 5.56 Å². The van der Waals surface area contributed by atoms with Crippen molar-refractivity contribution in [3.63, 3.8) is 0 Å². The van der Waals surface area contributed by atoms with Crippen LogP contribution in [0.4, 0.5) is 20.6 Å². The summed E-state index contributed by atoms with van der Waals surface area (Å²) in [7, 11) is 1.52. The van der Waals surface area contributed by atoms with Crippen molar-refractivity contribution in [3.05, 3.63) is 84.2 Å². The number of hydrogen-bond donors (Lipinski definition) is 0. The Kier molecular flexibility index (Phi) is 4.93. The Balaban J connectivity index is 1.80. The first-order valence-electron chi connectivity index (χ1n) is 8.60. The van der Waals surface area contributed by atoms with E-state index in [4.69, 9.17) is 4.74 Å². The minimum atomic E-state index is -1.74. The molecule has 0 saturated heterocycles. The van der Waals surface area contributed by atoms with Crippen LogP contribution in [-0.4, -0.2) is 17.7 Å². The second-order valence-corrected chi connectivity index (χ2v) is 7.48. The van der Waals surface area contributed by atoms with Gasteiger partial charge < -0.3 is 9.29 Å². The number of ether oxygens (including phenoxy) is 1. The van der Waals surface area contributed by atoms with Gasteiger partial charge in [0.05, 0.1) is 13.7 Å². The SMILES string of the molecule is COc1cccc(N2C(=O)N(Cc3ccccc3F)c3ccccc3[S+]2[O-])c1. The average Bonchev–Trinajstić information content (AvgIpc) is 2.72. The molecule has 0 radical (unpaired) electrons. The van der Waals surface area contributed by atoms with Crippen LogP contribution in [0.2, 0.25) is 0 Å². The third-order valence-electron chi connectivity index (χ3n) is 4.49. The van der Waals surface area contributed by atoms with Gasteiger partial charge in [-0.05, 0) is 30.3 Å². The predicted molar refractivity (Wildman–Crippen MR) is 106 cm³/mol. The lowest BCUT2D eigenvalue weighted by Gasteiger charge is -2.36. The zero-order valence-corrected chi connectivity index (χ0v) is 15.9. The van der Waals surface area contributed by atoms with Gasteiger partial charge in [-0.3, -0.25) is 4.90 Å². The van der Waals surface area contributed by atoms with Crippen molar-refractivity contribution >= 4 is 28.8 Å². The first-order valence-corrected chi connectivity index (χ1v) is 9.71. The van der Waals surface area contributed by atoms with Crippen LogP contribution in [0.15, 0.2) is 77.7 Å². The largest absolute Gasteiger partial charge is 0.587 e. The minimum absolute atomic E-state index is 0.0280. The molecule has 7 heteroatoms. The van der Waals surface area contributed by atoms with Gasteiger partial charge in [-0.25, -0.2) is 9.18 Å². The van der Waals surface area contributed by atoms with Gasteiger partial charge in [0.25, 0.3) is 0 Å². The fraction of sp³-hybridized carbons (Fsp3) is 0.0952. The zero-order valence-electron chi connectivity index (χ0n) is 15.0. The van der Waals surface area contributed by atoms with Crippen molar-refractivity contribution in [2.75, 3.05) is 16.3 Å². The van der Waals surface area contributed by atoms with E-state index >= 15 is 0 Å². The molecule has 0 aromatic heterocycles. The fourth-order valence-corrected chi connectivity index (χ4v) is 4.40. The van der Waals surface area contributed by atoms with Crippen LogP contribution in [0.3, 0.4) is 0 Å². The molecule has 5 nitrogen and oxygen atoms in total. The molecule has 2 amide bonds. The number of halogens is 1. The number of urea groups is 1. The van der Waals surface area contributed by atoms with Crippen molar-refractivity contribution in [2.45, 2.75) is 11.4 Å². The quantitative estimate of drug-likeness (QED) is 0.610. The molecule has 1 heterocycles. The summed E-state index contributed by atoms with van der Waals surface area (Å²) in [5.41, 5.74) is 1.33. The van der Waals surface area contributed by atoms with Crippen LogP contribution in [0, 0.1) is 5.82 Å². The Labute approximate surface area is 165 Å². The number of rotatable bonds is 4. The lowest BCUT2D eigenvalue weighted by atomic mass is 10.2. The molecule has 1 aliphatic rings. The molecular formula is C21H17FN2O3S. The predicted octanol–water partition coefficient (Wildman–Crippen LogP) is 4.50. The van der Waals surface area contributed by atoms with Gasteiger partial charge in [0.15, 0.2) is 0 Å². The van der Waals surface area contributed by atoms with Gasteiger partial charge in [-0.2, -0.15) is 0 Å². The summed E-state index contributed by atoms with van der Waals surface area (Å²) < 4.78 is 33.8. The second-order valence-electron chi connectivity index (χ2n) is 6.17. The van der Waals surface area contributed by atoms with Gasteiger partial charge in [-0.15, -0.1) is 4.31 Å². The number of carbonyl (C=O) groups excluding carboxylic acids is 1. The molecule has 4 rings (SSSR count). The van der Waals surface area contributed by atoms with Crippen LogP contribution >= 0.6 is 0 Å². The van der Waals surface area contributed by atoms with Gasteiger partial charge in [0.2, 0.25) is 4.90 Å². The van der Waals surface area contributed by atoms with Gasteiger partial charge in [0.1, 0.15) is 34.3 Å². The van der Waals surface area contributed by atoms with Gasteiger partial charge in [0, 0.05) is 11.6 Å². The second kappa shape index (κ2) is 7.53. The molecule has 0 spiro atoms. The molecule has 3 aromatic rings. The number of fused-ring (bicyclic) bond motifs is 1. The number of hydrogen-bond acceptors (Lipinski definition) is 3. The number of amides is 2. The highest BCUT2D eigenvalue weighted by Crippen LogP contribution is 2.38. The van der Waals surface area contributed by atoms with Crippen molar-refractivity contribution in [2.24, 2.45) is 0 Å². The number of anilines is 2. The van der Waals surface area contributed by atoms with Crippen LogP contribution < -0.4 is 13.9 Å². The standard InChI is InChI=1S/C21H17FN2O3S/c1-27-17-9-6-8-16(13-17)24-21(25)23(14-15-7-2-3-10-18(15)22)19-11-4-5-12-20(19)28(24)26/h2-13H,14H2,1H3. The molecule has 1 aliphatic heterocycles. The summed E-state index contributed by atoms with van der Waals surface area (Å²) in [4.78, 5) is 15.2. The van der Waals surface area contributed by atoms with Crippen LogP contribution in [-0.2, 0) is 17.9 Å². The highest BCUT2D eigenvalue weighted by molar-refractivity contribution is 7.94. The smallest absolute Gasteiger partial charge is 0.371 e. The molecule has 142 valence electrons. The first kappa shape index (κ1) is 18.3. The number of benzene rings is 3. The number of carbonyl (C=O) groups is 1. The Morgan fingerprint density at radius 3 is 2.57 bits per heavy atom. The molecule has 28 heavy (non-hydrogen) atoms. The summed E-state index contributed by atoms with van der Waals surface area (Å²) in [6.07, 6.45) is 0. The molecule has 0 aliphatic carbocycles. The topological polar surface area (TPSA) is 55.8 Å². The molecule has 1 unspecified atom stereocenters. The normalized spacial score (nSPS) is 16.1. The summed E-state index contributed by atoms with van der Waals surface area (Å²) in [5, 5.41) is 0. The highest BCUT2D eigenvalue weighted by Gasteiger charge is 2.42. The van der Waals surface area contributed by atoms with E-state index in [9.17, 15) is 13.7 Å². The molecular weight excluding hydrogens is 379 g/mol. The van der Waals surface area contributed by atoms with Gasteiger partial charge in [-0.1, -0.05) is 36.4 Å². The Morgan fingerprint density at radius 2 is 1.79 bits per heavy atom. The molecule has 0 bridgehead atoms. The minimum Gasteiger partial charge on any atom is -0.587 e. The van der Waals surface area contributed by atoms with Crippen molar-refractivity contribution in [3.8, 4) is 5.75 Å². The summed E-state index contributed by atoms with van der Waals surface area (Å²) in [6, 6.07) is 19.6. The number of nitrogens with zero attached hydrogens (tertiary/aromatic N) is 2. The van der Waals surface area contributed by atoms with Crippen molar-refractivity contribution in [1.29, 1.82) is 0 Å². The first-order chi connectivity index (χ1) is 13.6. The van der Waals surface area contributed by atoms with E-state index in [0.717, 1.165) is 0 Å². The van der Waals surface area contributed by atoms with E-state index < -0.39 is 23.2 Å². The zero-order chi connectivity index (χ0) is 19.7. The monoisotopic (exact) mass is 396 g/mol. The van der Waals surface area contributed by atoms with E-state index in [2.05, 4.69) is 0 Å². The fourth-order valence-electron chi connectivity index (χ4n) is 3.10. The van der Waals surface area contributed by atoms with Crippen LogP contribution in [0.5, 0.6) is 5.75 Å². The average molecular weight is 396 g/mol. The third-order valence-corrected chi connectivity index (χ3v) is 5.91.